The summed E-state index contributed by atoms with van der Waals surface area (Å²) < 4.78 is 16.5. The van der Waals surface area contributed by atoms with Crippen LogP contribution in [0.25, 0.3) is 0 Å². The van der Waals surface area contributed by atoms with Crippen molar-refractivity contribution in [3.8, 4) is 0 Å². The molecule has 0 aromatic carbocycles. The third kappa shape index (κ3) is 1.86. The summed E-state index contributed by atoms with van der Waals surface area (Å²) in [5.41, 5.74) is 0. The molecule has 0 bridgehead atoms. The maximum absolute atomic E-state index is 9.71. The van der Waals surface area contributed by atoms with Crippen LogP contribution in [0.4, 0.5) is 0 Å². The molecule has 76 valence electrons. The SMILES string of the molecule is CC1CC(O)C2OC(C)COC2O1. The lowest BCUT2D eigenvalue weighted by molar-refractivity contribution is -0.320. The first-order valence-corrected chi connectivity index (χ1v) is 4.77. The number of ether oxygens (including phenoxy) is 3. The Labute approximate surface area is 77.8 Å². The zero-order chi connectivity index (χ0) is 9.42. The standard InChI is InChI=1S/C9H16O4/c1-5-3-7(10)8-9(13-5)11-4-6(2)12-8/h5-10H,3-4H2,1-2H3. The van der Waals surface area contributed by atoms with Crippen molar-refractivity contribution in [2.45, 2.75) is 51.0 Å². The molecule has 13 heavy (non-hydrogen) atoms. The summed E-state index contributed by atoms with van der Waals surface area (Å²) >= 11 is 0. The highest BCUT2D eigenvalue weighted by molar-refractivity contribution is 4.83. The van der Waals surface area contributed by atoms with Gasteiger partial charge in [0.15, 0.2) is 6.29 Å². The predicted octanol–water partition coefficient (Wildman–Crippen LogP) is 0.286. The first kappa shape index (κ1) is 9.40. The molecule has 2 aliphatic rings. The van der Waals surface area contributed by atoms with E-state index < -0.39 is 6.10 Å². The Bertz CT molecular complexity index is 184. The fourth-order valence-electron chi connectivity index (χ4n) is 1.84. The van der Waals surface area contributed by atoms with Crippen molar-refractivity contribution in [2.75, 3.05) is 6.61 Å². The molecule has 5 atom stereocenters. The topological polar surface area (TPSA) is 47.9 Å². The van der Waals surface area contributed by atoms with E-state index in [1.54, 1.807) is 0 Å². The molecule has 5 unspecified atom stereocenters. The fourth-order valence-corrected chi connectivity index (χ4v) is 1.84. The molecule has 0 aliphatic carbocycles. The van der Waals surface area contributed by atoms with Crippen LogP contribution >= 0.6 is 0 Å². The smallest absolute Gasteiger partial charge is 0.186 e. The molecule has 1 N–H and O–H groups in total. The molecular formula is C9H16O4. The molecule has 2 aliphatic heterocycles. The second kappa shape index (κ2) is 3.53. The van der Waals surface area contributed by atoms with Gasteiger partial charge >= 0.3 is 0 Å². The van der Waals surface area contributed by atoms with Gasteiger partial charge in [0.1, 0.15) is 6.10 Å². The second-order valence-corrected chi connectivity index (χ2v) is 3.86. The van der Waals surface area contributed by atoms with Gasteiger partial charge < -0.3 is 19.3 Å². The van der Waals surface area contributed by atoms with Gasteiger partial charge in [-0.25, -0.2) is 0 Å². The summed E-state index contributed by atoms with van der Waals surface area (Å²) in [5, 5.41) is 9.71. The summed E-state index contributed by atoms with van der Waals surface area (Å²) in [6.45, 7) is 4.41. The second-order valence-electron chi connectivity index (χ2n) is 3.86. The minimum Gasteiger partial charge on any atom is -0.390 e. The highest BCUT2D eigenvalue weighted by Crippen LogP contribution is 2.27. The largest absolute Gasteiger partial charge is 0.390 e. The van der Waals surface area contributed by atoms with Gasteiger partial charge in [-0.2, -0.15) is 0 Å². The number of hydrogen-bond acceptors (Lipinski definition) is 4. The van der Waals surface area contributed by atoms with Gasteiger partial charge in [-0.05, 0) is 13.8 Å². The normalized spacial score (nSPS) is 51.5. The Morgan fingerprint density at radius 2 is 1.92 bits per heavy atom. The van der Waals surface area contributed by atoms with Crippen LogP contribution in [0.15, 0.2) is 0 Å². The van der Waals surface area contributed by atoms with Crippen LogP contribution in [0.1, 0.15) is 20.3 Å². The molecule has 4 nitrogen and oxygen atoms in total. The first-order chi connectivity index (χ1) is 6.16. The molecule has 4 heteroatoms. The van der Waals surface area contributed by atoms with Gasteiger partial charge in [-0.15, -0.1) is 0 Å². The minimum atomic E-state index is -0.462. The van der Waals surface area contributed by atoms with Gasteiger partial charge in [0.05, 0.1) is 24.9 Å². The van der Waals surface area contributed by atoms with Crippen LogP contribution in [0, 0.1) is 0 Å². The van der Waals surface area contributed by atoms with Gasteiger partial charge in [0.2, 0.25) is 0 Å². The number of fused-ring (bicyclic) bond motifs is 1. The molecule has 0 aromatic rings. The maximum atomic E-state index is 9.71. The molecular weight excluding hydrogens is 172 g/mol. The quantitative estimate of drug-likeness (QED) is 0.593. The third-order valence-electron chi connectivity index (χ3n) is 2.47. The van der Waals surface area contributed by atoms with E-state index in [2.05, 4.69) is 0 Å². The Hall–Kier alpha value is -0.160. The van der Waals surface area contributed by atoms with E-state index in [4.69, 9.17) is 14.2 Å². The number of hydrogen-bond donors (Lipinski definition) is 1. The van der Waals surface area contributed by atoms with E-state index in [0.29, 0.717) is 13.0 Å². The van der Waals surface area contributed by atoms with Crippen LogP contribution < -0.4 is 0 Å². The van der Waals surface area contributed by atoms with Crippen LogP contribution in [0.3, 0.4) is 0 Å². The van der Waals surface area contributed by atoms with Crippen molar-refractivity contribution < 1.29 is 19.3 Å². The van der Waals surface area contributed by atoms with Crippen LogP contribution in [-0.2, 0) is 14.2 Å². The average molecular weight is 188 g/mol. The van der Waals surface area contributed by atoms with Gasteiger partial charge in [0, 0.05) is 6.42 Å². The summed E-state index contributed by atoms with van der Waals surface area (Å²) in [6.07, 6.45) is -0.426. The lowest BCUT2D eigenvalue weighted by Gasteiger charge is -2.42. The monoisotopic (exact) mass is 188 g/mol. The van der Waals surface area contributed by atoms with Crippen LogP contribution in [0.2, 0.25) is 0 Å². The molecule has 0 radical (unpaired) electrons. The van der Waals surface area contributed by atoms with Gasteiger partial charge in [-0.1, -0.05) is 0 Å². The van der Waals surface area contributed by atoms with Crippen molar-refractivity contribution in [1.29, 1.82) is 0 Å². The summed E-state index contributed by atoms with van der Waals surface area (Å²) in [5.74, 6) is 0. The van der Waals surface area contributed by atoms with Gasteiger partial charge in [0.25, 0.3) is 0 Å². The van der Waals surface area contributed by atoms with E-state index in [0.717, 1.165) is 0 Å². The van der Waals surface area contributed by atoms with E-state index >= 15 is 0 Å². The molecule has 2 rings (SSSR count). The molecule has 0 spiro atoms. The molecule has 0 saturated carbocycles. The van der Waals surface area contributed by atoms with E-state index in [1.807, 2.05) is 13.8 Å². The van der Waals surface area contributed by atoms with Gasteiger partial charge in [-0.3, -0.25) is 0 Å². The van der Waals surface area contributed by atoms with E-state index in [-0.39, 0.29) is 24.6 Å². The Morgan fingerprint density at radius 3 is 2.69 bits per heavy atom. The first-order valence-electron chi connectivity index (χ1n) is 4.77. The lowest BCUT2D eigenvalue weighted by atomic mass is 10.0. The lowest BCUT2D eigenvalue weighted by Crippen LogP contribution is -2.55. The average Bonchev–Trinajstić information content (AvgIpc) is 2.06. The number of aliphatic hydroxyl groups excluding tert-OH is 1. The maximum Gasteiger partial charge on any atom is 0.186 e. The fraction of sp³-hybridized carbons (Fsp3) is 1.00. The van der Waals surface area contributed by atoms with Crippen molar-refractivity contribution in [3.63, 3.8) is 0 Å². The van der Waals surface area contributed by atoms with Crippen molar-refractivity contribution >= 4 is 0 Å². The zero-order valence-electron chi connectivity index (χ0n) is 7.97. The third-order valence-corrected chi connectivity index (χ3v) is 2.47. The number of aliphatic hydroxyl groups is 1. The highest BCUT2D eigenvalue weighted by atomic mass is 16.7. The summed E-state index contributed by atoms with van der Waals surface area (Å²) in [4.78, 5) is 0. The zero-order valence-corrected chi connectivity index (χ0v) is 7.97. The van der Waals surface area contributed by atoms with E-state index in [9.17, 15) is 5.11 Å². The van der Waals surface area contributed by atoms with Crippen molar-refractivity contribution in [1.82, 2.24) is 0 Å². The molecule has 2 saturated heterocycles. The predicted molar refractivity (Wildman–Crippen MR) is 45.2 cm³/mol. The van der Waals surface area contributed by atoms with Crippen molar-refractivity contribution in [2.24, 2.45) is 0 Å². The summed E-state index contributed by atoms with van der Waals surface area (Å²) in [7, 11) is 0. The molecule has 2 heterocycles. The Morgan fingerprint density at radius 1 is 1.15 bits per heavy atom. The molecule has 0 amide bonds. The highest BCUT2D eigenvalue weighted by Gasteiger charge is 2.41. The minimum absolute atomic E-state index is 0.0490. The van der Waals surface area contributed by atoms with E-state index in [1.165, 1.54) is 0 Å². The van der Waals surface area contributed by atoms with Crippen molar-refractivity contribution in [3.05, 3.63) is 0 Å². The Kier molecular flexibility index (Phi) is 2.55. The number of rotatable bonds is 0. The molecule has 2 fully saturated rings. The summed E-state index contributed by atoms with van der Waals surface area (Å²) in [6, 6.07) is 0. The van der Waals surface area contributed by atoms with Crippen LogP contribution in [-0.4, -0.2) is 42.4 Å². The van der Waals surface area contributed by atoms with Crippen LogP contribution in [0.5, 0.6) is 0 Å². The Balaban J connectivity index is 2.02. The molecule has 0 aromatic heterocycles.